The smallest absolute Gasteiger partial charge is 0.227 e. The quantitative estimate of drug-likeness (QED) is 0.861. The van der Waals surface area contributed by atoms with Gasteiger partial charge in [-0.3, -0.25) is 14.6 Å². The van der Waals surface area contributed by atoms with Gasteiger partial charge in [-0.15, -0.1) is 0 Å². The summed E-state index contributed by atoms with van der Waals surface area (Å²) < 4.78 is 0. The fraction of sp³-hybridized carbons (Fsp3) is 0.462. The maximum Gasteiger partial charge on any atom is 0.227 e. The van der Waals surface area contributed by atoms with Gasteiger partial charge in [0.2, 0.25) is 5.91 Å². The third-order valence-electron chi connectivity index (χ3n) is 3.05. The van der Waals surface area contributed by atoms with Gasteiger partial charge in [-0.2, -0.15) is 0 Å². The van der Waals surface area contributed by atoms with Gasteiger partial charge in [0.1, 0.15) is 0 Å². The second-order valence-electron chi connectivity index (χ2n) is 4.66. The zero-order chi connectivity index (χ0) is 14.0. The second-order valence-corrected chi connectivity index (χ2v) is 6.27. The van der Waals surface area contributed by atoms with Crippen LogP contribution in [-0.2, 0) is 9.59 Å². The van der Waals surface area contributed by atoms with Crippen molar-refractivity contribution in [1.82, 2.24) is 4.98 Å². The van der Waals surface area contributed by atoms with Crippen molar-refractivity contribution in [2.45, 2.75) is 20.3 Å². The number of rotatable bonds is 3. The number of nitrogens with zero attached hydrogens (tertiary/aromatic N) is 2. The largest absolute Gasteiger partial charge is 0.310 e. The van der Waals surface area contributed by atoms with Crippen LogP contribution in [0.5, 0.6) is 0 Å². The molecule has 6 heteroatoms. The highest BCUT2D eigenvalue weighted by molar-refractivity contribution is 8.13. The molecule has 1 atom stereocenters. The van der Waals surface area contributed by atoms with Crippen LogP contribution in [-0.4, -0.2) is 28.3 Å². The number of aryl methyl sites for hydroxylation is 1. The summed E-state index contributed by atoms with van der Waals surface area (Å²) in [5.74, 6) is 0.939. The molecule has 4 nitrogen and oxygen atoms in total. The minimum Gasteiger partial charge on any atom is -0.310 e. The number of amides is 1. The standard InChI is InChI=1S/C13H15ClN2O2S/c1-8-4-15-5-11(14)13(8)16-6-10(3-12(16)18)7-19-9(2)17/h4-5,10H,3,6-7H2,1-2H3. The van der Waals surface area contributed by atoms with Crippen molar-refractivity contribution in [3.8, 4) is 0 Å². The van der Waals surface area contributed by atoms with E-state index in [0.29, 0.717) is 23.7 Å². The summed E-state index contributed by atoms with van der Waals surface area (Å²) in [4.78, 5) is 28.8. The van der Waals surface area contributed by atoms with E-state index < -0.39 is 0 Å². The van der Waals surface area contributed by atoms with Gasteiger partial charge < -0.3 is 4.90 Å². The van der Waals surface area contributed by atoms with Crippen LogP contribution in [0.1, 0.15) is 18.9 Å². The Morgan fingerprint density at radius 1 is 1.58 bits per heavy atom. The van der Waals surface area contributed by atoms with E-state index in [1.165, 1.54) is 11.8 Å². The normalized spacial score (nSPS) is 19.0. The molecule has 1 aromatic rings. The third kappa shape index (κ3) is 3.28. The average molecular weight is 299 g/mol. The van der Waals surface area contributed by atoms with Crippen molar-refractivity contribution in [1.29, 1.82) is 0 Å². The summed E-state index contributed by atoms with van der Waals surface area (Å²) in [6.45, 7) is 4.05. The van der Waals surface area contributed by atoms with E-state index in [9.17, 15) is 9.59 Å². The number of aromatic nitrogens is 1. The molecule has 1 unspecified atom stereocenters. The van der Waals surface area contributed by atoms with Crippen molar-refractivity contribution < 1.29 is 9.59 Å². The Bertz CT molecular complexity index is 501. The Kier molecular flexibility index (Phi) is 4.47. The van der Waals surface area contributed by atoms with Crippen molar-refractivity contribution in [3.05, 3.63) is 23.0 Å². The number of anilines is 1. The first-order chi connectivity index (χ1) is 8.99. The molecule has 2 heterocycles. The molecule has 1 aliphatic rings. The maximum absolute atomic E-state index is 12.1. The Morgan fingerprint density at radius 3 is 2.95 bits per heavy atom. The van der Waals surface area contributed by atoms with E-state index >= 15 is 0 Å². The Balaban J connectivity index is 2.14. The fourth-order valence-corrected chi connectivity index (χ4v) is 3.21. The summed E-state index contributed by atoms with van der Waals surface area (Å²) in [6.07, 6.45) is 3.72. The average Bonchev–Trinajstić information content (AvgIpc) is 2.68. The number of halogens is 1. The highest BCUT2D eigenvalue weighted by Gasteiger charge is 2.32. The minimum atomic E-state index is 0.0605. The van der Waals surface area contributed by atoms with Crippen LogP contribution in [0.25, 0.3) is 0 Å². The lowest BCUT2D eigenvalue weighted by Crippen LogP contribution is -2.26. The van der Waals surface area contributed by atoms with Crippen LogP contribution < -0.4 is 4.90 Å². The highest BCUT2D eigenvalue weighted by atomic mass is 35.5. The van der Waals surface area contributed by atoms with Crippen LogP contribution in [0, 0.1) is 12.8 Å². The summed E-state index contributed by atoms with van der Waals surface area (Å²) in [5.41, 5.74) is 1.64. The number of hydrogen-bond donors (Lipinski definition) is 0. The van der Waals surface area contributed by atoms with E-state index in [1.54, 1.807) is 24.2 Å². The predicted octanol–water partition coefficient (Wildman–Crippen LogP) is 2.68. The molecule has 0 aromatic carbocycles. The number of hydrogen-bond acceptors (Lipinski definition) is 4. The summed E-state index contributed by atoms with van der Waals surface area (Å²) in [6, 6.07) is 0. The van der Waals surface area contributed by atoms with Crippen LogP contribution >= 0.6 is 23.4 Å². The van der Waals surface area contributed by atoms with E-state index in [1.807, 2.05) is 6.92 Å². The van der Waals surface area contributed by atoms with E-state index in [2.05, 4.69) is 4.98 Å². The third-order valence-corrected chi connectivity index (χ3v) is 4.37. The zero-order valence-electron chi connectivity index (χ0n) is 10.9. The van der Waals surface area contributed by atoms with Crippen molar-refractivity contribution in [2.24, 2.45) is 5.92 Å². The van der Waals surface area contributed by atoms with Gasteiger partial charge in [0, 0.05) is 38.0 Å². The first-order valence-corrected chi connectivity index (χ1v) is 7.39. The lowest BCUT2D eigenvalue weighted by atomic mass is 10.1. The van der Waals surface area contributed by atoms with Crippen molar-refractivity contribution in [3.63, 3.8) is 0 Å². The van der Waals surface area contributed by atoms with Crippen molar-refractivity contribution >= 4 is 40.1 Å². The van der Waals surface area contributed by atoms with Gasteiger partial charge in [-0.25, -0.2) is 0 Å². The lowest BCUT2D eigenvalue weighted by Gasteiger charge is -2.20. The van der Waals surface area contributed by atoms with Gasteiger partial charge in [-0.1, -0.05) is 23.4 Å². The molecule has 2 rings (SSSR count). The van der Waals surface area contributed by atoms with E-state index in [0.717, 1.165) is 11.3 Å². The fourth-order valence-electron chi connectivity index (χ4n) is 2.21. The van der Waals surface area contributed by atoms with Crippen molar-refractivity contribution in [2.75, 3.05) is 17.2 Å². The molecule has 1 aromatic heterocycles. The minimum absolute atomic E-state index is 0.0605. The molecule has 1 fully saturated rings. The van der Waals surface area contributed by atoms with Gasteiger partial charge in [0.05, 0.1) is 10.7 Å². The molecular weight excluding hydrogens is 284 g/mol. The molecule has 19 heavy (non-hydrogen) atoms. The molecule has 0 N–H and O–H groups in total. The van der Waals surface area contributed by atoms with Crippen LogP contribution in [0.3, 0.4) is 0 Å². The molecule has 0 saturated carbocycles. The number of carbonyl (C=O) groups excluding carboxylic acids is 2. The Morgan fingerprint density at radius 2 is 2.32 bits per heavy atom. The molecule has 0 aliphatic carbocycles. The molecule has 1 amide bonds. The number of thioether (sulfide) groups is 1. The summed E-state index contributed by atoms with van der Waals surface area (Å²) in [7, 11) is 0. The molecule has 0 radical (unpaired) electrons. The Hall–Kier alpha value is -1.07. The predicted molar refractivity (Wildman–Crippen MR) is 77.6 cm³/mol. The molecule has 1 saturated heterocycles. The maximum atomic E-state index is 12.1. The van der Waals surface area contributed by atoms with Gasteiger partial charge >= 0.3 is 0 Å². The topological polar surface area (TPSA) is 50.3 Å². The lowest BCUT2D eigenvalue weighted by molar-refractivity contribution is -0.117. The molecule has 102 valence electrons. The molecular formula is C13H15ClN2O2S. The second kappa shape index (κ2) is 5.92. The van der Waals surface area contributed by atoms with Crippen LogP contribution in [0.2, 0.25) is 5.02 Å². The van der Waals surface area contributed by atoms with E-state index in [4.69, 9.17) is 11.6 Å². The highest BCUT2D eigenvalue weighted by Crippen LogP contribution is 2.34. The first kappa shape index (κ1) is 14.3. The van der Waals surface area contributed by atoms with Crippen LogP contribution in [0.15, 0.2) is 12.4 Å². The zero-order valence-corrected chi connectivity index (χ0v) is 12.4. The monoisotopic (exact) mass is 298 g/mol. The van der Waals surface area contributed by atoms with Gasteiger partial charge in [0.15, 0.2) is 5.12 Å². The molecule has 1 aliphatic heterocycles. The van der Waals surface area contributed by atoms with Gasteiger partial charge in [0.25, 0.3) is 0 Å². The molecule has 0 bridgehead atoms. The SMILES string of the molecule is CC(=O)SCC1CC(=O)N(c2c(C)cncc2Cl)C1. The summed E-state index contributed by atoms with van der Waals surface area (Å²) >= 11 is 7.41. The molecule has 0 spiro atoms. The van der Waals surface area contributed by atoms with Gasteiger partial charge in [-0.05, 0) is 18.4 Å². The Labute approximate surface area is 121 Å². The first-order valence-electron chi connectivity index (χ1n) is 6.03. The number of pyridine rings is 1. The van der Waals surface area contributed by atoms with Crippen LogP contribution in [0.4, 0.5) is 5.69 Å². The van der Waals surface area contributed by atoms with E-state index in [-0.39, 0.29) is 16.9 Å². The number of carbonyl (C=O) groups is 2. The summed E-state index contributed by atoms with van der Waals surface area (Å²) in [5, 5.41) is 0.581.